The summed E-state index contributed by atoms with van der Waals surface area (Å²) >= 11 is 0. The highest BCUT2D eigenvalue weighted by Crippen LogP contribution is 2.28. The number of hydrogen-bond donors (Lipinski definition) is 1. The maximum Gasteiger partial charge on any atom is 0.146 e. The highest BCUT2D eigenvalue weighted by atomic mass is 19.1. The van der Waals surface area contributed by atoms with E-state index in [4.69, 9.17) is 0 Å². The molecule has 0 amide bonds. The smallest absolute Gasteiger partial charge is 0.146 e. The first-order chi connectivity index (χ1) is 8.67. The molecule has 1 aromatic carbocycles. The van der Waals surface area contributed by atoms with Crippen molar-refractivity contribution in [3.05, 3.63) is 29.6 Å². The molecule has 2 nitrogen and oxygen atoms in total. The van der Waals surface area contributed by atoms with Crippen LogP contribution >= 0.6 is 0 Å². The van der Waals surface area contributed by atoms with Crippen LogP contribution in [0.4, 0.5) is 10.1 Å². The second-order valence-electron chi connectivity index (χ2n) is 5.13. The zero-order valence-electron chi connectivity index (χ0n) is 11.5. The Kier molecular flexibility index (Phi) is 4.23. The van der Waals surface area contributed by atoms with Crippen molar-refractivity contribution in [3.8, 4) is 0 Å². The summed E-state index contributed by atoms with van der Waals surface area (Å²) < 4.78 is 14.1. The maximum absolute atomic E-state index is 14.1. The van der Waals surface area contributed by atoms with E-state index in [-0.39, 0.29) is 5.82 Å². The van der Waals surface area contributed by atoms with Gasteiger partial charge < -0.3 is 10.2 Å². The fraction of sp³-hybridized carbons (Fsp3) is 0.600. The third kappa shape index (κ3) is 2.51. The van der Waals surface area contributed by atoms with E-state index in [1.165, 1.54) is 0 Å². The Balaban J connectivity index is 2.32. The zero-order chi connectivity index (χ0) is 13.1. The highest BCUT2D eigenvalue weighted by molar-refractivity contribution is 5.55. The molecule has 1 aromatic rings. The quantitative estimate of drug-likeness (QED) is 0.886. The van der Waals surface area contributed by atoms with Gasteiger partial charge in [-0.05, 0) is 31.4 Å². The summed E-state index contributed by atoms with van der Waals surface area (Å²) in [6.45, 7) is 8.19. The Morgan fingerprint density at radius 3 is 2.72 bits per heavy atom. The van der Waals surface area contributed by atoms with Crippen LogP contribution in [0.3, 0.4) is 0 Å². The van der Waals surface area contributed by atoms with Gasteiger partial charge in [-0.25, -0.2) is 4.39 Å². The first kappa shape index (κ1) is 13.3. The van der Waals surface area contributed by atoms with E-state index in [0.717, 1.165) is 37.2 Å². The largest absolute Gasteiger partial charge is 0.363 e. The molecule has 100 valence electrons. The topological polar surface area (TPSA) is 15.3 Å². The molecule has 1 heterocycles. The molecule has 1 saturated heterocycles. The summed E-state index contributed by atoms with van der Waals surface area (Å²) in [5.41, 5.74) is 1.83. The molecule has 0 aromatic heterocycles. The van der Waals surface area contributed by atoms with Crippen LogP contribution in [0.2, 0.25) is 0 Å². The first-order valence-corrected chi connectivity index (χ1v) is 6.92. The Morgan fingerprint density at radius 1 is 1.33 bits per heavy atom. The van der Waals surface area contributed by atoms with Crippen LogP contribution in [0.1, 0.15) is 32.3 Å². The summed E-state index contributed by atoms with van der Waals surface area (Å²) in [6, 6.07) is 6.20. The van der Waals surface area contributed by atoms with Gasteiger partial charge in [0.15, 0.2) is 0 Å². The number of hydrogen-bond acceptors (Lipinski definition) is 2. The third-order valence-electron chi connectivity index (χ3n) is 3.94. The van der Waals surface area contributed by atoms with E-state index in [1.807, 2.05) is 13.0 Å². The standard InChI is InChI=1S/C15H23FN2/c1-4-12-10-18(13(5-2)9-17-12)15-11(3)7-6-8-14(15)16/h6-8,12-13,17H,4-5,9-10H2,1-3H3. The molecule has 3 heteroatoms. The molecular weight excluding hydrogens is 227 g/mol. The van der Waals surface area contributed by atoms with Crippen LogP contribution in [0, 0.1) is 12.7 Å². The molecule has 0 bridgehead atoms. The maximum atomic E-state index is 14.1. The van der Waals surface area contributed by atoms with Crippen molar-refractivity contribution in [1.29, 1.82) is 0 Å². The minimum Gasteiger partial charge on any atom is -0.363 e. The predicted octanol–water partition coefficient (Wildman–Crippen LogP) is 3.10. The van der Waals surface area contributed by atoms with Crippen LogP contribution in [0.5, 0.6) is 0 Å². The summed E-state index contributed by atoms with van der Waals surface area (Å²) in [7, 11) is 0. The number of para-hydroxylation sites is 1. The van der Waals surface area contributed by atoms with Crippen molar-refractivity contribution in [1.82, 2.24) is 5.32 Å². The molecule has 0 radical (unpaired) electrons. The third-order valence-corrected chi connectivity index (χ3v) is 3.94. The molecule has 1 fully saturated rings. The SMILES string of the molecule is CCC1CN(c2c(C)cccc2F)C(CC)CN1. The van der Waals surface area contributed by atoms with Gasteiger partial charge in [-0.2, -0.15) is 0 Å². The first-order valence-electron chi connectivity index (χ1n) is 6.92. The van der Waals surface area contributed by atoms with Gasteiger partial charge in [0.05, 0.1) is 5.69 Å². The second kappa shape index (κ2) is 5.70. The lowest BCUT2D eigenvalue weighted by Crippen LogP contribution is -2.56. The molecular formula is C15H23FN2. The minimum absolute atomic E-state index is 0.0924. The van der Waals surface area contributed by atoms with Gasteiger partial charge in [-0.15, -0.1) is 0 Å². The number of anilines is 1. The van der Waals surface area contributed by atoms with E-state index >= 15 is 0 Å². The van der Waals surface area contributed by atoms with Gasteiger partial charge in [0.1, 0.15) is 5.82 Å². The molecule has 0 aliphatic carbocycles. The van der Waals surface area contributed by atoms with Crippen molar-refractivity contribution in [2.45, 2.75) is 45.7 Å². The van der Waals surface area contributed by atoms with Crippen LogP contribution in [0.25, 0.3) is 0 Å². The van der Waals surface area contributed by atoms with Crippen molar-refractivity contribution in [2.24, 2.45) is 0 Å². The molecule has 2 rings (SSSR count). The average molecular weight is 250 g/mol. The number of piperazine rings is 1. The Bertz CT molecular complexity index is 385. The van der Waals surface area contributed by atoms with Gasteiger partial charge in [0.2, 0.25) is 0 Å². The van der Waals surface area contributed by atoms with Crippen molar-refractivity contribution in [3.63, 3.8) is 0 Å². The van der Waals surface area contributed by atoms with E-state index in [1.54, 1.807) is 12.1 Å². The van der Waals surface area contributed by atoms with Crippen LogP contribution in [-0.4, -0.2) is 25.2 Å². The zero-order valence-corrected chi connectivity index (χ0v) is 11.5. The van der Waals surface area contributed by atoms with Crippen molar-refractivity contribution >= 4 is 5.69 Å². The van der Waals surface area contributed by atoms with Gasteiger partial charge in [-0.3, -0.25) is 0 Å². The van der Waals surface area contributed by atoms with Gasteiger partial charge in [0.25, 0.3) is 0 Å². The van der Waals surface area contributed by atoms with Crippen molar-refractivity contribution in [2.75, 3.05) is 18.0 Å². The minimum atomic E-state index is -0.0924. The molecule has 1 aliphatic rings. The summed E-state index contributed by atoms with van der Waals surface area (Å²) in [4.78, 5) is 2.26. The molecule has 18 heavy (non-hydrogen) atoms. The fourth-order valence-electron chi connectivity index (χ4n) is 2.76. The molecule has 2 atom stereocenters. The van der Waals surface area contributed by atoms with Crippen LogP contribution in [0.15, 0.2) is 18.2 Å². The van der Waals surface area contributed by atoms with E-state index < -0.39 is 0 Å². The van der Waals surface area contributed by atoms with E-state index in [9.17, 15) is 4.39 Å². The molecule has 0 saturated carbocycles. The molecule has 2 unspecified atom stereocenters. The fourth-order valence-corrected chi connectivity index (χ4v) is 2.76. The number of aryl methyl sites for hydroxylation is 1. The van der Waals surface area contributed by atoms with Crippen LogP contribution in [-0.2, 0) is 0 Å². The number of nitrogens with one attached hydrogen (secondary N) is 1. The number of halogens is 1. The Labute approximate surface area is 109 Å². The summed E-state index contributed by atoms with van der Waals surface area (Å²) in [5.74, 6) is -0.0924. The monoisotopic (exact) mass is 250 g/mol. The lowest BCUT2D eigenvalue weighted by Gasteiger charge is -2.42. The number of nitrogens with zero attached hydrogens (tertiary/aromatic N) is 1. The normalized spacial score (nSPS) is 24.3. The lowest BCUT2D eigenvalue weighted by atomic mass is 10.0. The average Bonchev–Trinajstić information content (AvgIpc) is 2.38. The summed E-state index contributed by atoms with van der Waals surface area (Å²) in [5, 5.41) is 3.54. The number of benzene rings is 1. The summed E-state index contributed by atoms with van der Waals surface area (Å²) in [6.07, 6.45) is 2.12. The molecule has 1 N–H and O–H groups in total. The van der Waals surface area contributed by atoms with Crippen LogP contribution < -0.4 is 10.2 Å². The van der Waals surface area contributed by atoms with Gasteiger partial charge in [-0.1, -0.05) is 26.0 Å². The van der Waals surface area contributed by atoms with E-state index in [0.29, 0.717) is 12.1 Å². The predicted molar refractivity (Wildman–Crippen MR) is 74.6 cm³/mol. The molecule has 1 aliphatic heterocycles. The van der Waals surface area contributed by atoms with Gasteiger partial charge >= 0.3 is 0 Å². The second-order valence-corrected chi connectivity index (χ2v) is 5.13. The van der Waals surface area contributed by atoms with E-state index in [2.05, 4.69) is 24.1 Å². The number of rotatable bonds is 3. The molecule has 0 spiro atoms. The van der Waals surface area contributed by atoms with Gasteiger partial charge in [0, 0.05) is 25.2 Å². The Morgan fingerprint density at radius 2 is 2.11 bits per heavy atom. The lowest BCUT2D eigenvalue weighted by molar-refractivity contribution is 0.375. The van der Waals surface area contributed by atoms with Crippen molar-refractivity contribution < 1.29 is 4.39 Å². The Hall–Kier alpha value is -1.09. The highest BCUT2D eigenvalue weighted by Gasteiger charge is 2.28.